The first-order valence-corrected chi connectivity index (χ1v) is 11.3. The number of hydrogen-bond acceptors (Lipinski definition) is 6. The van der Waals surface area contributed by atoms with Gasteiger partial charge in [0.05, 0.1) is 24.7 Å². The van der Waals surface area contributed by atoms with Crippen molar-refractivity contribution in [3.8, 4) is 11.4 Å². The fourth-order valence-corrected chi connectivity index (χ4v) is 4.76. The summed E-state index contributed by atoms with van der Waals surface area (Å²) in [6, 6.07) is 13.6. The molecule has 0 radical (unpaired) electrons. The summed E-state index contributed by atoms with van der Waals surface area (Å²) in [5, 5.41) is 3.00. The number of ether oxygens (including phenoxy) is 1. The molecule has 0 saturated carbocycles. The molecule has 34 heavy (non-hydrogen) atoms. The first-order valence-electron chi connectivity index (χ1n) is 11.3. The van der Waals surface area contributed by atoms with Crippen molar-refractivity contribution in [2.24, 2.45) is 0 Å². The highest BCUT2D eigenvalue weighted by molar-refractivity contribution is 5.93. The van der Waals surface area contributed by atoms with E-state index in [0.29, 0.717) is 5.82 Å². The smallest absolute Gasteiger partial charge is 0.228 e. The molecule has 0 saturated heterocycles. The number of hydrogen-bond donors (Lipinski definition) is 2. The fraction of sp³-hybridized carbons (Fsp3) is 0.269. The van der Waals surface area contributed by atoms with E-state index in [1.54, 1.807) is 7.11 Å². The SMILES string of the molecule is COc1ccc(CC(=O)Nc2ccc(-n3c4c(c5ncnc(N)c53)CCC4)cc2)cc1N(C)C. The Morgan fingerprint density at radius 3 is 2.68 bits per heavy atom. The van der Waals surface area contributed by atoms with Crippen molar-refractivity contribution in [2.75, 3.05) is 37.2 Å². The van der Waals surface area contributed by atoms with Gasteiger partial charge in [-0.2, -0.15) is 0 Å². The number of benzene rings is 2. The minimum absolute atomic E-state index is 0.0763. The van der Waals surface area contributed by atoms with Crippen molar-refractivity contribution in [1.82, 2.24) is 14.5 Å². The van der Waals surface area contributed by atoms with E-state index < -0.39 is 0 Å². The molecular formula is C26H28N6O2. The number of fused-ring (bicyclic) bond motifs is 3. The van der Waals surface area contributed by atoms with Crippen molar-refractivity contribution in [3.63, 3.8) is 0 Å². The van der Waals surface area contributed by atoms with Gasteiger partial charge < -0.3 is 25.3 Å². The van der Waals surface area contributed by atoms with Crippen molar-refractivity contribution in [1.29, 1.82) is 0 Å². The lowest BCUT2D eigenvalue weighted by Crippen LogP contribution is -2.15. The number of carbonyl (C=O) groups excluding carboxylic acids is 1. The molecule has 2 aromatic heterocycles. The summed E-state index contributed by atoms with van der Waals surface area (Å²) >= 11 is 0. The maximum atomic E-state index is 12.7. The highest BCUT2D eigenvalue weighted by Crippen LogP contribution is 2.36. The third-order valence-electron chi connectivity index (χ3n) is 6.32. The summed E-state index contributed by atoms with van der Waals surface area (Å²) in [4.78, 5) is 23.4. The lowest BCUT2D eigenvalue weighted by atomic mass is 10.1. The molecule has 0 fully saturated rings. The molecule has 0 bridgehead atoms. The number of methoxy groups -OCH3 is 1. The van der Waals surface area contributed by atoms with Gasteiger partial charge in [-0.3, -0.25) is 4.79 Å². The molecule has 1 aliphatic carbocycles. The van der Waals surface area contributed by atoms with Crippen molar-refractivity contribution >= 4 is 34.1 Å². The minimum atomic E-state index is -0.0763. The van der Waals surface area contributed by atoms with E-state index in [2.05, 4.69) is 19.9 Å². The molecule has 0 aliphatic heterocycles. The van der Waals surface area contributed by atoms with Gasteiger partial charge in [-0.15, -0.1) is 0 Å². The molecule has 1 aliphatic rings. The number of aromatic nitrogens is 3. The summed E-state index contributed by atoms with van der Waals surface area (Å²) < 4.78 is 7.57. The Morgan fingerprint density at radius 2 is 1.94 bits per heavy atom. The molecule has 1 amide bonds. The normalized spacial score (nSPS) is 12.6. The van der Waals surface area contributed by atoms with Crippen LogP contribution in [0.4, 0.5) is 17.2 Å². The molecule has 174 valence electrons. The van der Waals surface area contributed by atoms with Crippen LogP contribution in [0.2, 0.25) is 0 Å². The predicted octanol–water partition coefficient (Wildman–Crippen LogP) is 3.75. The standard InChI is InChI=1S/C26H28N6O2/c1-31(2)21-13-16(7-12-22(21)34-3)14-23(33)30-17-8-10-18(11-9-17)32-20-6-4-5-19(20)24-25(32)26(27)29-15-28-24/h7-13,15H,4-6,14H2,1-3H3,(H,30,33)(H2,27,28,29). The minimum Gasteiger partial charge on any atom is -0.495 e. The van der Waals surface area contributed by atoms with Gasteiger partial charge in [0.1, 0.15) is 17.6 Å². The van der Waals surface area contributed by atoms with Crippen LogP contribution in [0, 0.1) is 0 Å². The molecule has 4 aromatic rings. The van der Waals surface area contributed by atoms with E-state index in [9.17, 15) is 4.79 Å². The quantitative estimate of drug-likeness (QED) is 0.459. The van der Waals surface area contributed by atoms with Gasteiger partial charge in [-0.05, 0) is 66.8 Å². The largest absolute Gasteiger partial charge is 0.495 e. The third-order valence-corrected chi connectivity index (χ3v) is 6.32. The maximum Gasteiger partial charge on any atom is 0.228 e. The molecule has 0 unspecified atom stereocenters. The molecule has 8 heteroatoms. The average molecular weight is 457 g/mol. The number of anilines is 3. The molecule has 2 aromatic carbocycles. The summed E-state index contributed by atoms with van der Waals surface area (Å²) in [6.45, 7) is 0. The third kappa shape index (κ3) is 3.81. The molecule has 2 heterocycles. The Balaban J connectivity index is 1.36. The van der Waals surface area contributed by atoms with Gasteiger partial charge in [0, 0.05) is 31.2 Å². The highest BCUT2D eigenvalue weighted by atomic mass is 16.5. The van der Waals surface area contributed by atoms with Gasteiger partial charge >= 0.3 is 0 Å². The second-order valence-corrected chi connectivity index (χ2v) is 8.74. The van der Waals surface area contributed by atoms with Crippen LogP contribution in [-0.4, -0.2) is 41.6 Å². The summed E-state index contributed by atoms with van der Waals surface area (Å²) in [7, 11) is 5.54. The summed E-state index contributed by atoms with van der Waals surface area (Å²) in [5.41, 5.74) is 14.1. The summed E-state index contributed by atoms with van der Waals surface area (Å²) in [5.74, 6) is 1.18. The number of aryl methyl sites for hydroxylation is 1. The van der Waals surface area contributed by atoms with Crippen molar-refractivity contribution < 1.29 is 9.53 Å². The molecule has 5 rings (SSSR count). The zero-order valence-corrected chi connectivity index (χ0v) is 19.6. The number of amides is 1. The lowest BCUT2D eigenvalue weighted by molar-refractivity contribution is -0.115. The number of nitrogens with two attached hydrogens (primary N) is 1. The zero-order chi connectivity index (χ0) is 23.8. The van der Waals surface area contributed by atoms with Crippen LogP contribution in [0.1, 0.15) is 23.2 Å². The van der Waals surface area contributed by atoms with Crippen LogP contribution in [0.5, 0.6) is 5.75 Å². The zero-order valence-electron chi connectivity index (χ0n) is 19.6. The van der Waals surface area contributed by atoms with E-state index in [-0.39, 0.29) is 12.3 Å². The second kappa shape index (κ2) is 8.70. The number of nitrogen functional groups attached to an aromatic ring is 1. The van der Waals surface area contributed by atoms with E-state index in [4.69, 9.17) is 10.5 Å². The number of rotatable bonds is 6. The van der Waals surface area contributed by atoms with Crippen LogP contribution in [0.15, 0.2) is 48.8 Å². The van der Waals surface area contributed by atoms with E-state index in [0.717, 1.165) is 58.7 Å². The second-order valence-electron chi connectivity index (χ2n) is 8.74. The number of carbonyl (C=O) groups is 1. The lowest BCUT2D eigenvalue weighted by Gasteiger charge is -2.17. The number of nitrogens with one attached hydrogen (secondary N) is 1. The van der Waals surface area contributed by atoms with Gasteiger partial charge in [-0.25, -0.2) is 9.97 Å². The van der Waals surface area contributed by atoms with E-state index in [1.807, 2.05) is 61.5 Å². The van der Waals surface area contributed by atoms with E-state index >= 15 is 0 Å². The molecule has 3 N–H and O–H groups in total. The number of nitrogens with zero attached hydrogens (tertiary/aromatic N) is 4. The summed E-state index contributed by atoms with van der Waals surface area (Å²) in [6.07, 6.45) is 4.91. The van der Waals surface area contributed by atoms with Gasteiger partial charge in [0.15, 0.2) is 5.82 Å². The monoisotopic (exact) mass is 456 g/mol. The van der Waals surface area contributed by atoms with Crippen LogP contribution in [-0.2, 0) is 24.1 Å². The molecule has 8 nitrogen and oxygen atoms in total. The van der Waals surface area contributed by atoms with Gasteiger partial charge in [0.2, 0.25) is 5.91 Å². The van der Waals surface area contributed by atoms with Crippen molar-refractivity contribution in [2.45, 2.75) is 25.7 Å². The highest BCUT2D eigenvalue weighted by Gasteiger charge is 2.25. The van der Waals surface area contributed by atoms with Crippen LogP contribution >= 0.6 is 0 Å². The topological polar surface area (TPSA) is 98.3 Å². The predicted molar refractivity (Wildman–Crippen MR) is 135 cm³/mol. The van der Waals surface area contributed by atoms with Gasteiger partial charge in [-0.1, -0.05) is 6.07 Å². The Hall–Kier alpha value is -4.07. The molecule has 0 spiro atoms. The fourth-order valence-electron chi connectivity index (χ4n) is 4.76. The Morgan fingerprint density at radius 1 is 1.15 bits per heavy atom. The van der Waals surface area contributed by atoms with Gasteiger partial charge in [0.25, 0.3) is 0 Å². The molecular weight excluding hydrogens is 428 g/mol. The van der Waals surface area contributed by atoms with Crippen LogP contribution in [0.25, 0.3) is 16.7 Å². The Bertz CT molecular complexity index is 1370. The van der Waals surface area contributed by atoms with Crippen LogP contribution in [0.3, 0.4) is 0 Å². The average Bonchev–Trinajstić information content (AvgIpc) is 3.41. The maximum absolute atomic E-state index is 12.7. The first kappa shape index (κ1) is 21.8. The van der Waals surface area contributed by atoms with Crippen molar-refractivity contribution in [3.05, 3.63) is 65.6 Å². The van der Waals surface area contributed by atoms with E-state index in [1.165, 1.54) is 17.6 Å². The Labute approximate surface area is 198 Å². The Kier molecular flexibility index (Phi) is 5.57. The van der Waals surface area contributed by atoms with Crippen LogP contribution < -0.4 is 20.7 Å². The molecule has 0 atom stereocenters. The first-order chi connectivity index (χ1) is 16.5.